The fourth-order valence-electron chi connectivity index (χ4n) is 0.890. The molecule has 1 heterocycles. The normalized spacial score (nSPS) is 21.9. The summed E-state index contributed by atoms with van der Waals surface area (Å²) in [5.41, 5.74) is 0. The highest BCUT2D eigenvalue weighted by Gasteiger charge is 2.44. The zero-order valence-electron chi connectivity index (χ0n) is 4.93. The van der Waals surface area contributed by atoms with Crippen LogP contribution in [0.3, 0.4) is 0 Å². The minimum Gasteiger partial charge on any atom is -0.467 e. The highest BCUT2D eigenvalue weighted by molar-refractivity contribution is 6.25. The molecule has 0 amide bonds. The van der Waals surface area contributed by atoms with Crippen LogP contribution in [0.5, 0.6) is 0 Å². The smallest absolute Gasteiger partial charge is 0.124 e. The molecule has 0 atom stereocenters. The van der Waals surface area contributed by atoms with E-state index in [1.165, 1.54) is 0 Å². The average Bonchev–Trinajstić information content (AvgIpc) is 2.46. The standard InChI is InChI=1S/C7H7ClO/c8-7(3-4-7)6-2-1-5-9-6/h1-2,5H,3-4H2. The van der Waals surface area contributed by atoms with Crippen molar-refractivity contribution in [2.24, 2.45) is 0 Å². The Balaban J connectivity index is 2.34. The van der Waals surface area contributed by atoms with E-state index in [4.69, 9.17) is 16.0 Å². The third kappa shape index (κ3) is 0.761. The van der Waals surface area contributed by atoms with Crippen LogP contribution in [0.2, 0.25) is 0 Å². The fourth-order valence-corrected chi connectivity index (χ4v) is 1.09. The van der Waals surface area contributed by atoms with Gasteiger partial charge < -0.3 is 4.42 Å². The monoisotopic (exact) mass is 142 g/mol. The molecular formula is C7H7ClO. The van der Waals surface area contributed by atoms with Gasteiger partial charge in [-0.2, -0.15) is 0 Å². The lowest BCUT2D eigenvalue weighted by Crippen LogP contribution is -1.90. The Labute approximate surface area is 58.6 Å². The van der Waals surface area contributed by atoms with Gasteiger partial charge in [0.2, 0.25) is 0 Å². The van der Waals surface area contributed by atoms with Crippen molar-refractivity contribution in [1.29, 1.82) is 0 Å². The Bertz CT molecular complexity index is 199. The van der Waals surface area contributed by atoms with Crippen LogP contribution < -0.4 is 0 Å². The van der Waals surface area contributed by atoms with Crippen LogP contribution in [0.25, 0.3) is 0 Å². The number of hydrogen-bond donors (Lipinski definition) is 0. The van der Waals surface area contributed by atoms with Crippen molar-refractivity contribution in [3.8, 4) is 0 Å². The SMILES string of the molecule is ClC1(c2ccco2)CC1. The van der Waals surface area contributed by atoms with Crippen LogP contribution in [-0.2, 0) is 4.87 Å². The van der Waals surface area contributed by atoms with Gasteiger partial charge in [0.1, 0.15) is 10.6 Å². The van der Waals surface area contributed by atoms with Gasteiger partial charge >= 0.3 is 0 Å². The van der Waals surface area contributed by atoms with Gasteiger partial charge in [0, 0.05) is 0 Å². The van der Waals surface area contributed by atoms with Crippen LogP contribution in [0.4, 0.5) is 0 Å². The lowest BCUT2D eigenvalue weighted by atomic mass is 10.3. The Morgan fingerprint density at radius 1 is 1.56 bits per heavy atom. The highest BCUT2D eigenvalue weighted by atomic mass is 35.5. The number of halogens is 1. The molecule has 2 heteroatoms. The lowest BCUT2D eigenvalue weighted by Gasteiger charge is -1.97. The van der Waals surface area contributed by atoms with Gasteiger partial charge in [0.25, 0.3) is 0 Å². The molecule has 1 aromatic rings. The van der Waals surface area contributed by atoms with Crippen LogP contribution in [0.1, 0.15) is 18.6 Å². The van der Waals surface area contributed by atoms with Gasteiger partial charge in [-0.1, -0.05) is 0 Å². The van der Waals surface area contributed by atoms with E-state index < -0.39 is 0 Å². The maximum absolute atomic E-state index is 6.02. The summed E-state index contributed by atoms with van der Waals surface area (Å²) in [6.45, 7) is 0. The van der Waals surface area contributed by atoms with Crippen LogP contribution >= 0.6 is 11.6 Å². The van der Waals surface area contributed by atoms with Crippen molar-refractivity contribution in [3.05, 3.63) is 24.2 Å². The molecule has 2 rings (SSSR count). The third-order valence-electron chi connectivity index (χ3n) is 1.65. The average molecular weight is 143 g/mol. The van der Waals surface area contributed by atoms with E-state index in [9.17, 15) is 0 Å². The van der Waals surface area contributed by atoms with Gasteiger partial charge in [-0.05, 0) is 25.0 Å². The van der Waals surface area contributed by atoms with Gasteiger partial charge in [-0.15, -0.1) is 11.6 Å². The topological polar surface area (TPSA) is 13.1 Å². The first-order chi connectivity index (χ1) is 4.31. The molecule has 1 aliphatic carbocycles. The molecule has 0 bridgehead atoms. The summed E-state index contributed by atoms with van der Waals surface area (Å²) in [5.74, 6) is 0.921. The molecule has 0 saturated heterocycles. The summed E-state index contributed by atoms with van der Waals surface area (Å²) in [5, 5.41) is 0. The van der Waals surface area contributed by atoms with Crippen LogP contribution in [0.15, 0.2) is 22.8 Å². The highest BCUT2D eigenvalue weighted by Crippen LogP contribution is 2.51. The Kier molecular flexibility index (Phi) is 0.917. The minimum absolute atomic E-state index is 0.122. The van der Waals surface area contributed by atoms with E-state index in [1.807, 2.05) is 12.1 Å². The second-order valence-corrected chi connectivity index (χ2v) is 3.17. The summed E-state index contributed by atoms with van der Waals surface area (Å²) in [4.78, 5) is -0.122. The third-order valence-corrected chi connectivity index (χ3v) is 2.22. The van der Waals surface area contributed by atoms with Crippen molar-refractivity contribution in [3.63, 3.8) is 0 Å². The first-order valence-corrected chi connectivity index (χ1v) is 3.42. The van der Waals surface area contributed by atoms with Crippen molar-refractivity contribution in [2.45, 2.75) is 17.7 Å². The van der Waals surface area contributed by atoms with Gasteiger partial charge in [-0.25, -0.2) is 0 Å². The first kappa shape index (κ1) is 5.36. The summed E-state index contributed by atoms with van der Waals surface area (Å²) < 4.78 is 5.13. The quantitative estimate of drug-likeness (QED) is 0.550. The van der Waals surface area contributed by atoms with E-state index in [0.717, 1.165) is 18.6 Å². The maximum atomic E-state index is 6.02. The molecule has 0 aromatic carbocycles. The largest absolute Gasteiger partial charge is 0.467 e. The number of rotatable bonds is 1. The van der Waals surface area contributed by atoms with Gasteiger partial charge in [0.15, 0.2) is 0 Å². The Hall–Kier alpha value is -0.430. The maximum Gasteiger partial charge on any atom is 0.124 e. The molecule has 0 spiro atoms. The van der Waals surface area contributed by atoms with Crippen molar-refractivity contribution < 1.29 is 4.42 Å². The summed E-state index contributed by atoms with van der Waals surface area (Å²) >= 11 is 6.02. The summed E-state index contributed by atoms with van der Waals surface area (Å²) in [6.07, 6.45) is 3.78. The predicted molar refractivity (Wildman–Crippen MR) is 35.5 cm³/mol. The van der Waals surface area contributed by atoms with E-state index >= 15 is 0 Å². The Morgan fingerprint density at radius 3 is 2.78 bits per heavy atom. The van der Waals surface area contributed by atoms with E-state index in [0.29, 0.717) is 0 Å². The van der Waals surface area contributed by atoms with Crippen LogP contribution in [0, 0.1) is 0 Å². The molecule has 0 unspecified atom stereocenters. The predicted octanol–water partition coefficient (Wildman–Crippen LogP) is 2.51. The number of hydrogen-bond acceptors (Lipinski definition) is 1. The van der Waals surface area contributed by atoms with Crippen molar-refractivity contribution in [2.75, 3.05) is 0 Å². The molecule has 1 saturated carbocycles. The minimum atomic E-state index is -0.122. The van der Waals surface area contributed by atoms with Gasteiger partial charge in [0.05, 0.1) is 6.26 Å². The zero-order chi connectivity index (χ0) is 6.32. The molecule has 9 heavy (non-hydrogen) atoms. The second-order valence-electron chi connectivity index (χ2n) is 2.44. The Morgan fingerprint density at radius 2 is 2.33 bits per heavy atom. The molecule has 48 valence electrons. The molecule has 0 radical (unpaired) electrons. The number of furan rings is 1. The van der Waals surface area contributed by atoms with E-state index in [2.05, 4.69) is 0 Å². The van der Waals surface area contributed by atoms with Crippen LogP contribution in [-0.4, -0.2) is 0 Å². The molecular weight excluding hydrogens is 136 g/mol. The van der Waals surface area contributed by atoms with Crippen molar-refractivity contribution in [1.82, 2.24) is 0 Å². The number of alkyl halides is 1. The second kappa shape index (κ2) is 1.54. The molecule has 1 fully saturated rings. The van der Waals surface area contributed by atoms with E-state index in [1.54, 1.807) is 6.26 Å². The summed E-state index contributed by atoms with van der Waals surface area (Å²) in [7, 11) is 0. The molecule has 0 aliphatic heterocycles. The zero-order valence-corrected chi connectivity index (χ0v) is 5.69. The molecule has 1 aliphatic rings. The fraction of sp³-hybridized carbons (Fsp3) is 0.429. The first-order valence-electron chi connectivity index (χ1n) is 3.04. The lowest BCUT2D eigenvalue weighted by molar-refractivity contribution is 0.499. The molecule has 1 aromatic heterocycles. The van der Waals surface area contributed by atoms with Crippen molar-refractivity contribution >= 4 is 11.6 Å². The molecule has 0 N–H and O–H groups in total. The molecule has 1 nitrogen and oxygen atoms in total. The summed E-state index contributed by atoms with van der Waals surface area (Å²) in [6, 6.07) is 3.80. The van der Waals surface area contributed by atoms with Gasteiger partial charge in [-0.3, -0.25) is 0 Å². The van der Waals surface area contributed by atoms with E-state index in [-0.39, 0.29) is 4.87 Å².